The third kappa shape index (κ3) is 4.24. The molecule has 2 aromatic rings. The number of nitrogens with two attached hydrogens (primary N) is 1. The molecule has 2 rings (SSSR count). The second-order valence-corrected chi connectivity index (χ2v) is 5.36. The number of ketones is 1. The molecule has 0 amide bonds. The van der Waals surface area contributed by atoms with Crippen LogP contribution >= 0.6 is 11.8 Å². The summed E-state index contributed by atoms with van der Waals surface area (Å²) >= 11 is 1.26. The monoisotopic (exact) mass is 284 g/mol. The van der Waals surface area contributed by atoms with Crippen molar-refractivity contribution in [1.82, 2.24) is 0 Å². The fraction of sp³-hybridized carbons (Fsp3) is 0.125. The van der Waals surface area contributed by atoms with Crippen LogP contribution in [0, 0.1) is 6.92 Å². The Hall–Kier alpha value is -2.07. The lowest BCUT2D eigenvalue weighted by molar-refractivity contribution is 0.102. The number of hydrogen-bond acceptors (Lipinski definition) is 3. The zero-order valence-electron chi connectivity index (χ0n) is 11.2. The first-order valence-electron chi connectivity index (χ1n) is 6.27. The molecule has 0 saturated heterocycles. The number of amidine groups is 1. The number of aryl methyl sites for hydroxylation is 1. The van der Waals surface area contributed by atoms with Crippen LogP contribution in [0.1, 0.15) is 15.9 Å². The van der Waals surface area contributed by atoms with Crippen molar-refractivity contribution in [3.8, 4) is 0 Å². The summed E-state index contributed by atoms with van der Waals surface area (Å²) in [4.78, 5) is 16.2. The van der Waals surface area contributed by atoms with Crippen molar-refractivity contribution in [1.29, 1.82) is 0 Å². The molecule has 0 bridgehead atoms. The average molecular weight is 284 g/mol. The van der Waals surface area contributed by atoms with Gasteiger partial charge in [-0.1, -0.05) is 59.8 Å². The van der Waals surface area contributed by atoms with Gasteiger partial charge in [-0.25, -0.2) is 4.99 Å². The molecule has 0 heterocycles. The Balaban J connectivity index is 1.93. The van der Waals surface area contributed by atoms with Crippen LogP contribution in [-0.4, -0.2) is 16.7 Å². The summed E-state index contributed by atoms with van der Waals surface area (Å²) in [5.74, 6) is 0.354. The fourth-order valence-electron chi connectivity index (χ4n) is 1.62. The van der Waals surface area contributed by atoms with E-state index in [9.17, 15) is 4.79 Å². The van der Waals surface area contributed by atoms with E-state index in [1.54, 1.807) is 0 Å². The third-order valence-electron chi connectivity index (χ3n) is 2.72. The summed E-state index contributed by atoms with van der Waals surface area (Å²) in [5, 5.41) is 0.400. The minimum absolute atomic E-state index is 0.0567. The van der Waals surface area contributed by atoms with Gasteiger partial charge in [0.15, 0.2) is 11.0 Å². The second-order valence-electron chi connectivity index (χ2n) is 4.36. The highest BCUT2D eigenvalue weighted by Crippen LogP contribution is 2.14. The number of thioether (sulfide) groups is 1. The summed E-state index contributed by atoms with van der Waals surface area (Å²) in [6.45, 7) is 1.99. The SMILES string of the molecule is Cc1ccc(C(=O)CSC(N)=Nc2ccccc2)cc1. The molecule has 0 radical (unpaired) electrons. The lowest BCUT2D eigenvalue weighted by Gasteiger charge is -2.02. The number of rotatable bonds is 4. The molecule has 102 valence electrons. The Morgan fingerprint density at radius 3 is 2.40 bits per heavy atom. The first-order valence-corrected chi connectivity index (χ1v) is 7.25. The Kier molecular flexibility index (Phi) is 4.96. The molecule has 3 nitrogen and oxygen atoms in total. The van der Waals surface area contributed by atoms with Crippen molar-refractivity contribution >= 4 is 28.4 Å². The molecule has 0 spiro atoms. The van der Waals surface area contributed by atoms with Crippen LogP contribution in [0.15, 0.2) is 59.6 Å². The second kappa shape index (κ2) is 6.91. The Morgan fingerprint density at radius 1 is 1.10 bits per heavy atom. The molecular formula is C16H16N2OS. The Labute approximate surface area is 122 Å². The van der Waals surface area contributed by atoms with Gasteiger partial charge in [-0.2, -0.15) is 0 Å². The number of benzene rings is 2. The predicted molar refractivity (Wildman–Crippen MR) is 85.7 cm³/mol. The number of hydrogen-bond donors (Lipinski definition) is 1. The Bertz CT molecular complexity index is 606. The van der Waals surface area contributed by atoms with Gasteiger partial charge in [-0.05, 0) is 19.1 Å². The molecule has 0 aliphatic rings. The number of carbonyl (C=O) groups is 1. The molecule has 2 aromatic carbocycles. The standard InChI is InChI=1S/C16H16N2OS/c1-12-7-9-13(10-8-12)15(19)11-20-16(17)18-14-5-3-2-4-6-14/h2-10H,11H2,1H3,(H2,17,18). The lowest BCUT2D eigenvalue weighted by atomic mass is 10.1. The normalized spacial score (nSPS) is 11.3. The van der Waals surface area contributed by atoms with Crippen LogP contribution in [0.3, 0.4) is 0 Å². The van der Waals surface area contributed by atoms with Crippen molar-refractivity contribution < 1.29 is 4.79 Å². The van der Waals surface area contributed by atoms with Crippen molar-refractivity contribution in [3.05, 3.63) is 65.7 Å². The number of nitrogens with zero attached hydrogens (tertiary/aromatic N) is 1. The van der Waals surface area contributed by atoms with Crippen LogP contribution in [0.5, 0.6) is 0 Å². The first kappa shape index (κ1) is 14.3. The molecule has 0 saturated carbocycles. The highest BCUT2D eigenvalue weighted by atomic mass is 32.2. The van der Waals surface area contributed by atoms with Gasteiger partial charge in [0.05, 0.1) is 11.4 Å². The highest BCUT2D eigenvalue weighted by molar-refractivity contribution is 8.14. The molecule has 0 atom stereocenters. The third-order valence-corrected chi connectivity index (χ3v) is 3.51. The lowest BCUT2D eigenvalue weighted by Crippen LogP contribution is -2.11. The summed E-state index contributed by atoms with van der Waals surface area (Å²) in [5.41, 5.74) is 8.45. The van der Waals surface area contributed by atoms with Crippen molar-refractivity contribution in [2.75, 3.05) is 5.75 Å². The minimum atomic E-state index is 0.0567. The first-order chi connectivity index (χ1) is 9.65. The molecular weight excluding hydrogens is 268 g/mol. The predicted octanol–water partition coefficient (Wildman–Crippen LogP) is 3.56. The molecule has 20 heavy (non-hydrogen) atoms. The van der Waals surface area contributed by atoms with Gasteiger partial charge in [0.2, 0.25) is 0 Å². The summed E-state index contributed by atoms with van der Waals surface area (Å²) in [6.07, 6.45) is 0. The topological polar surface area (TPSA) is 55.5 Å². The van der Waals surface area contributed by atoms with Crippen LogP contribution in [-0.2, 0) is 0 Å². The number of aliphatic imine (C=N–C) groups is 1. The van der Waals surface area contributed by atoms with E-state index in [-0.39, 0.29) is 5.78 Å². The van der Waals surface area contributed by atoms with Crippen LogP contribution < -0.4 is 5.73 Å². The van der Waals surface area contributed by atoms with Gasteiger partial charge in [0.1, 0.15) is 0 Å². The molecule has 4 heteroatoms. The molecule has 0 aliphatic carbocycles. The van der Waals surface area contributed by atoms with Crippen molar-refractivity contribution in [3.63, 3.8) is 0 Å². The van der Waals surface area contributed by atoms with E-state index >= 15 is 0 Å². The smallest absolute Gasteiger partial charge is 0.173 e. The highest BCUT2D eigenvalue weighted by Gasteiger charge is 2.07. The van der Waals surface area contributed by atoms with Crippen LogP contribution in [0.4, 0.5) is 5.69 Å². The largest absolute Gasteiger partial charge is 0.378 e. The number of carbonyl (C=O) groups excluding carboxylic acids is 1. The summed E-state index contributed by atoms with van der Waals surface area (Å²) in [7, 11) is 0. The van der Waals surface area contributed by atoms with Crippen LogP contribution in [0.2, 0.25) is 0 Å². The number of Topliss-reactive ketones (excluding diaryl/α,β-unsaturated/α-hetero) is 1. The summed E-state index contributed by atoms with van der Waals surface area (Å²) in [6, 6.07) is 17.0. The molecule has 0 aromatic heterocycles. The van der Waals surface area contributed by atoms with Gasteiger partial charge < -0.3 is 5.73 Å². The maximum atomic E-state index is 12.0. The fourth-order valence-corrected chi connectivity index (χ4v) is 2.24. The van der Waals surface area contributed by atoms with Gasteiger partial charge in [-0.3, -0.25) is 4.79 Å². The Morgan fingerprint density at radius 2 is 1.75 bits per heavy atom. The molecule has 0 unspecified atom stereocenters. The van der Waals surface area contributed by atoms with Gasteiger partial charge in [0, 0.05) is 5.56 Å². The minimum Gasteiger partial charge on any atom is -0.378 e. The van der Waals surface area contributed by atoms with E-state index in [1.165, 1.54) is 11.8 Å². The summed E-state index contributed by atoms with van der Waals surface area (Å²) < 4.78 is 0. The van der Waals surface area contributed by atoms with Gasteiger partial charge >= 0.3 is 0 Å². The van der Waals surface area contributed by atoms with E-state index in [2.05, 4.69) is 4.99 Å². The van der Waals surface area contributed by atoms with E-state index in [4.69, 9.17) is 5.73 Å². The molecule has 2 N–H and O–H groups in total. The average Bonchev–Trinajstić information content (AvgIpc) is 2.46. The van der Waals surface area contributed by atoms with Crippen molar-refractivity contribution in [2.45, 2.75) is 6.92 Å². The quantitative estimate of drug-likeness (QED) is 0.530. The van der Waals surface area contributed by atoms with E-state index in [0.29, 0.717) is 16.5 Å². The van der Waals surface area contributed by atoms with Crippen molar-refractivity contribution in [2.24, 2.45) is 10.7 Å². The van der Waals surface area contributed by atoms with E-state index in [1.807, 2.05) is 61.5 Å². The van der Waals surface area contributed by atoms with E-state index in [0.717, 1.165) is 11.3 Å². The van der Waals surface area contributed by atoms with E-state index < -0.39 is 0 Å². The van der Waals surface area contributed by atoms with Crippen LogP contribution in [0.25, 0.3) is 0 Å². The molecule has 0 aliphatic heterocycles. The maximum absolute atomic E-state index is 12.0. The maximum Gasteiger partial charge on any atom is 0.173 e. The molecule has 0 fully saturated rings. The zero-order valence-corrected chi connectivity index (χ0v) is 12.1. The van der Waals surface area contributed by atoms with Gasteiger partial charge in [-0.15, -0.1) is 0 Å². The zero-order chi connectivity index (χ0) is 14.4. The number of para-hydroxylation sites is 1. The van der Waals surface area contributed by atoms with Gasteiger partial charge in [0.25, 0.3) is 0 Å².